The van der Waals surface area contributed by atoms with Gasteiger partial charge in [-0.2, -0.15) is 0 Å². The van der Waals surface area contributed by atoms with Gasteiger partial charge in [0.25, 0.3) is 0 Å². The molecular weight excluding hydrogens is 432 g/mol. The van der Waals surface area contributed by atoms with Crippen LogP contribution in [-0.4, -0.2) is 54.6 Å². The number of rotatable bonds is 4. The maximum atomic E-state index is 13.8. The molecule has 1 atom stereocenters. The van der Waals surface area contributed by atoms with Gasteiger partial charge in [-0.25, -0.2) is 4.98 Å². The highest BCUT2D eigenvalue weighted by Crippen LogP contribution is 2.35. The second kappa shape index (κ2) is 9.98. The van der Waals surface area contributed by atoms with Crippen molar-refractivity contribution in [3.05, 3.63) is 66.4 Å². The van der Waals surface area contributed by atoms with Crippen molar-refractivity contribution in [3.8, 4) is 0 Å². The predicted molar refractivity (Wildman–Crippen MR) is 143 cm³/mol. The molecule has 0 radical (unpaired) electrons. The van der Waals surface area contributed by atoms with E-state index < -0.39 is 0 Å². The van der Waals surface area contributed by atoms with Gasteiger partial charge in [-0.1, -0.05) is 61.7 Å². The number of para-hydroxylation sites is 1. The molecule has 1 amide bonds. The molecule has 1 saturated heterocycles. The Bertz CT molecular complexity index is 1170. The lowest BCUT2D eigenvalue weighted by molar-refractivity contribution is -0.124. The molecule has 3 aliphatic rings. The van der Waals surface area contributed by atoms with Crippen molar-refractivity contribution in [1.82, 2.24) is 9.88 Å². The van der Waals surface area contributed by atoms with Gasteiger partial charge in [0.1, 0.15) is 5.82 Å². The molecule has 6 rings (SSSR count). The lowest BCUT2D eigenvalue weighted by Gasteiger charge is -2.43. The first-order valence-corrected chi connectivity index (χ1v) is 13.5. The number of amides is 1. The van der Waals surface area contributed by atoms with Crippen LogP contribution in [0, 0.1) is 5.92 Å². The molecule has 0 N–H and O–H groups in total. The summed E-state index contributed by atoms with van der Waals surface area (Å²) in [5, 5.41) is 2.48. The zero-order chi connectivity index (χ0) is 23.6. The third-order valence-electron chi connectivity index (χ3n) is 8.35. The number of pyridine rings is 1. The fourth-order valence-electron chi connectivity index (χ4n) is 6.42. The van der Waals surface area contributed by atoms with Gasteiger partial charge in [0.15, 0.2) is 0 Å². The minimum Gasteiger partial charge on any atom is -0.354 e. The van der Waals surface area contributed by atoms with E-state index >= 15 is 0 Å². The SMILES string of the molecule is O=C(C1CCCCC1)N1c2ccccc2CCC1CN1CCN(c2nccc3ccccc23)CC1. The normalized spacial score (nSPS) is 21.8. The van der Waals surface area contributed by atoms with Crippen molar-refractivity contribution in [1.29, 1.82) is 0 Å². The molecule has 0 spiro atoms. The Hall–Kier alpha value is -2.92. The van der Waals surface area contributed by atoms with Crippen LogP contribution in [-0.2, 0) is 11.2 Å². The van der Waals surface area contributed by atoms with Crippen molar-refractivity contribution >= 4 is 28.2 Å². The van der Waals surface area contributed by atoms with Gasteiger partial charge in [-0.3, -0.25) is 9.69 Å². The molecule has 1 aliphatic carbocycles. The molecule has 2 aromatic carbocycles. The maximum Gasteiger partial charge on any atom is 0.230 e. The summed E-state index contributed by atoms with van der Waals surface area (Å²) in [6.07, 6.45) is 9.83. The summed E-state index contributed by atoms with van der Waals surface area (Å²) in [5.74, 6) is 1.68. The quantitative estimate of drug-likeness (QED) is 0.522. The standard InChI is InChI=1S/C30H36N4O/c35-30(25-10-2-1-3-11-25)34-26(15-14-24-9-5-7-13-28(24)34)22-32-18-20-33(21-19-32)29-27-12-6-4-8-23(27)16-17-31-29/h4-9,12-13,16-17,25-26H,1-3,10-11,14-15,18-22H2. The van der Waals surface area contributed by atoms with E-state index in [4.69, 9.17) is 4.98 Å². The average Bonchev–Trinajstić information content (AvgIpc) is 2.93. The summed E-state index contributed by atoms with van der Waals surface area (Å²) >= 11 is 0. The number of piperazine rings is 1. The first-order chi connectivity index (χ1) is 17.3. The smallest absolute Gasteiger partial charge is 0.230 e. The second-order valence-corrected chi connectivity index (χ2v) is 10.5. The third kappa shape index (κ3) is 4.54. The van der Waals surface area contributed by atoms with Crippen LogP contribution in [0.3, 0.4) is 0 Å². The maximum absolute atomic E-state index is 13.8. The molecule has 3 aromatic rings. The molecule has 1 saturated carbocycles. The number of aromatic nitrogens is 1. The van der Waals surface area contributed by atoms with E-state index in [0.29, 0.717) is 5.91 Å². The second-order valence-electron chi connectivity index (χ2n) is 10.5. The zero-order valence-electron chi connectivity index (χ0n) is 20.6. The summed E-state index contributed by atoms with van der Waals surface area (Å²) in [5.41, 5.74) is 2.50. The van der Waals surface area contributed by atoms with Crippen LogP contribution in [0.15, 0.2) is 60.8 Å². The zero-order valence-corrected chi connectivity index (χ0v) is 20.6. The van der Waals surface area contributed by atoms with Gasteiger partial charge in [-0.15, -0.1) is 0 Å². The fraction of sp³-hybridized carbons (Fsp3) is 0.467. The van der Waals surface area contributed by atoms with Gasteiger partial charge in [0.2, 0.25) is 5.91 Å². The summed E-state index contributed by atoms with van der Waals surface area (Å²) in [6, 6.07) is 19.5. The van der Waals surface area contributed by atoms with E-state index in [1.54, 1.807) is 0 Å². The number of nitrogens with zero attached hydrogens (tertiary/aromatic N) is 4. The van der Waals surface area contributed by atoms with Crippen LogP contribution in [0.25, 0.3) is 10.8 Å². The Morgan fingerprint density at radius 2 is 1.63 bits per heavy atom. The van der Waals surface area contributed by atoms with Gasteiger partial charge in [0, 0.05) is 62.0 Å². The van der Waals surface area contributed by atoms with Crippen LogP contribution < -0.4 is 9.80 Å². The molecular formula is C30H36N4O. The minimum absolute atomic E-state index is 0.201. The summed E-state index contributed by atoms with van der Waals surface area (Å²) < 4.78 is 0. The van der Waals surface area contributed by atoms with E-state index in [0.717, 1.165) is 69.9 Å². The van der Waals surface area contributed by atoms with Crippen LogP contribution in [0.5, 0.6) is 0 Å². The first kappa shape index (κ1) is 22.5. The third-order valence-corrected chi connectivity index (χ3v) is 8.35. The average molecular weight is 469 g/mol. The van der Waals surface area contributed by atoms with Crippen LogP contribution >= 0.6 is 0 Å². The minimum atomic E-state index is 0.201. The Morgan fingerprint density at radius 1 is 0.857 bits per heavy atom. The summed E-state index contributed by atoms with van der Waals surface area (Å²) in [7, 11) is 0. The highest BCUT2D eigenvalue weighted by molar-refractivity contribution is 5.97. The highest BCUT2D eigenvalue weighted by atomic mass is 16.2. The van der Waals surface area contributed by atoms with Crippen LogP contribution in [0.4, 0.5) is 11.5 Å². The van der Waals surface area contributed by atoms with Gasteiger partial charge in [-0.05, 0) is 48.8 Å². The molecule has 2 fully saturated rings. The largest absolute Gasteiger partial charge is 0.354 e. The summed E-state index contributed by atoms with van der Waals surface area (Å²) in [4.78, 5) is 25.8. The molecule has 3 heterocycles. The number of hydrogen-bond donors (Lipinski definition) is 0. The first-order valence-electron chi connectivity index (χ1n) is 13.5. The van der Waals surface area contributed by atoms with Crippen LogP contribution in [0.1, 0.15) is 44.1 Å². The molecule has 5 heteroatoms. The lowest BCUT2D eigenvalue weighted by Crippen LogP contribution is -2.55. The van der Waals surface area contributed by atoms with E-state index in [1.807, 2.05) is 6.20 Å². The fourth-order valence-corrected chi connectivity index (χ4v) is 6.42. The summed E-state index contributed by atoms with van der Waals surface area (Å²) in [6.45, 7) is 4.92. The Kier molecular flexibility index (Phi) is 6.43. The Labute approximate surface area is 208 Å². The number of benzene rings is 2. The molecule has 1 unspecified atom stereocenters. The van der Waals surface area contributed by atoms with Crippen molar-refractivity contribution < 1.29 is 4.79 Å². The lowest BCUT2D eigenvalue weighted by atomic mass is 9.86. The van der Waals surface area contributed by atoms with Crippen molar-refractivity contribution in [2.75, 3.05) is 42.5 Å². The van der Waals surface area contributed by atoms with E-state index in [-0.39, 0.29) is 12.0 Å². The van der Waals surface area contributed by atoms with E-state index in [1.165, 1.54) is 35.6 Å². The molecule has 35 heavy (non-hydrogen) atoms. The topological polar surface area (TPSA) is 39.7 Å². The number of hydrogen-bond acceptors (Lipinski definition) is 4. The van der Waals surface area contributed by atoms with Crippen molar-refractivity contribution in [3.63, 3.8) is 0 Å². The molecule has 0 bridgehead atoms. The highest BCUT2D eigenvalue weighted by Gasteiger charge is 2.36. The van der Waals surface area contributed by atoms with Gasteiger partial charge >= 0.3 is 0 Å². The monoisotopic (exact) mass is 468 g/mol. The number of carbonyl (C=O) groups is 1. The van der Waals surface area contributed by atoms with Gasteiger partial charge < -0.3 is 9.80 Å². The number of fused-ring (bicyclic) bond motifs is 2. The molecule has 1 aromatic heterocycles. The van der Waals surface area contributed by atoms with Gasteiger partial charge in [0.05, 0.1) is 0 Å². The Balaban J connectivity index is 1.17. The molecule has 2 aliphatic heterocycles. The number of anilines is 2. The predicted octanol–water partition coefficient (Wildman–Crippen LogP) is 5.29. The van der Waals surface area contributed by atoms with Crippen molar-refractivity contribution in [2.24, 2.45) is 5.92 Å². The van der Waals surface area contributed by atoms with Crippen LogP contribution in [0.2, 0.25) is 0 Å². The van der Waals surface area contributed by atoms with E-state index in [9.17, 15) is 4.79 Å². The number of carbonyl (C=O) groups excluding carboxylic acids is 1. The molecule has 182 valence electrons. The number of aryl methyl sites for hydroxylation is 1. The molecule has 5 nitrogen and oxygen atoms in total. The van der Waals surface area contributed by atoms with Crippen molar-refractivity contribution in [2.45, 2.75) is 51.0 Å². The van der Waals surface area contributed by atoms with E-state index in [2.05, 4.69) is 69.3 Å². The Morgan fingerprint density at radius 3 is 2.49 bits per heavy atom.